The number of carbonyl (C=O) groups excluding carboxylic acids is 1. The quantitative estimate of drug-likeness (QED) is 0.589. The van der Waals surface area contributed by atoms with E-state index in [0.29, 0.717) is 0 Å². The minimum absolute atomic E-state index is 0.148. The van der Waals surface area contributed by atoms with E-state index in [1.54, 1.807) is 49.4 Å². The van der Waals surface area contributed by atoms with Crippen molar-refractivity contribution < 1.29 is 17.6 Å². The van der Waals surface area contributed by atoms with Gasteiger partial charge in [0.25, 0.3) is 5.91 Å². The topological polar surface area (TPSA) is 75.3 Å². The van der Waals surface area contributed by atoms with Crippen molar-refractivity contribution in [2.45, 2.75) is 17.9 Å². The lowest BCUT2D eigenvalue weighted by Crippen LogP contribution is -2.27. The van der Waals surface area contributed by atoms with Gasteiger partial charge in [-0.1, -0.05) is 54.1 Å². The van der Waals surface area contributed by atoms with Gasteiger partial charge in [0.1, 0.15) is 5.82 Å². The van der Waals surface area contributed by atoms with Gasteiger partial charge in [-0.3, -0.25) is 4.79 Å². The second-order valence-corrected chi connectivity index (χ2v) is 8.45. The molecule has 29 heavy (non-hydrogen) atoms. The van der Waals surface area contributed by atoms with Crippen molar-refractivity contribution in [3.05, 3.63) is 94.8 Å². The highest BCUT2D eigenvalue weighted by atomic mass is 35.5. The summed E-state index contributed by atoms with van der Waals surface area (Å²) in [6.45, 7) is 1.70. The van der Waals surface area contributed by atoms with Crippen LogP contribution in [0.2, 0.25) is 5.02 Å². The van der Waals surface area contributed by atoms with E-state index in [0.717, 1.165) is 11.6 Å². The Hall–Kier alpha value is -2.74. The Bertz CT molecular complexity index is 1140. The maximum absolute atomic E-state index is 14.5. The first-order valence-corrected chi connectivity index (χ1v) is 10.6. The third kappa shape index (κ3) is 5.00. The zero-order valence-electron chi connectivity index (χ0n) is 15.4. The standard InChI is InChI=1S/C21H18ClFN2O3S/c1-14(15-7-3-2-4-8-15)25-29(27,28)16-11-12-20(19(23)13-16)24-21(26)17-9-5-6-10-18(17)22/h2-14,25H,1H3,(H,24,26)/t14-/m1/s1. The second kappa shape index (κ2) is 8.73. The molecule has 0 fully saturated rings. The Labute approximate surface area is 173 Å². The van der Waals surface area contributed by atoms with E-state index in [1.807, 2.05) is 6.07 Å². The summed E-state index contributed by atoms with van der Waals surface area (Å²) in [6.07, 6.45) is 0. The molecular formula is C21H18ClFN2O3S. The van der Waals surface area contributed by atoms with Crippen molar-refractivity contribution in [1.82, 2.24) is 4.72 Å². The van der Waals surface area contributed by atoms with Crippen LogP contribution in [0.4, 0.5) is 10.1 Å². The molecule has 0 saturated heterocycles. The molecule has 1 amide bonds. The van der Waals surface area contributed by atoms with Crippen molar-refractivity contribution in [2.75, 3.05) is 5.32 Å². The maximum atomic E-state index is 14.5. The zero-order valence-corrected chi connectivity index (χ0v) is 17.0. The van der Waals surface area contributed by atoms with Gasteiger partial charge in [0.2, 0.25) is 10.0 Å². The number of hydrogen-bond donors (Lipinski definition) is 2. The molecular weight excluding hydrogens is 415 g/mol. The number of nitrogens with one attached hydrogen (secondary N) is 2. The zero-order chi connectivity index (χ0) is 21.0. The number of hydrogen-bond acceptors (Lipinski definition) is 3. The fourth-order valence-electron chi connectivity index (χ4n) is 2.71. The van der Waals surface area contributed by atoms with Gasteiger partial charge in [0, 0.05) is 6.04 Å². The van der Waals surface area contributed by atoms with Gasteiger partial charge >= 0.3 is 0 Å². The van der Waals surface area contributed by atoms with E-state index >= 15 is 0 Å². The van der Waals surface area contributed by atoms with Crippen LogP contribution in [-0.2, 0) is 10.0 Å². The van der Waals surface area contributed by atoms with Crippen molar-refractivity contribution >= 4 is 33.2 Å². The molecule has 150 valence electrons. The average Bonchev–Trinajstić information content (AvgIpc) is 2.70. The number of sulfonamides is 1. The summed E-state index contributed by atoms with van der Waals surface area (Å²) in [7, 11) is -3.96. The monoisotopic (exact) mass is 432 g/mol. The second-order valence-electron chi connectivity index (χ2n) is 6.33. The van der Waals surface area contributed by atoms with Crippen LogP contribution in [0.5, 0.6) is 0 Å². The highest BCUT2D eigenvalue weighted by molar-refractivity contribution is 7.89. The minimum atomic E-state index is -3.96. The lowest BCUT2D eigenvalue weighted by Gasteiger charge is -2.15. The average molecular weight is 433 g/mol. The Morgan fingerprint density at radius 3 is 2.31 bits per heavy atom. The summed E-state index contributed by atoms with van der Waals surface area (Å²) in [6, 6.07) is 18.2. The predicted octanol–water partition coefficient (Wildman–Crippen LogP) is 4.77. The first-order valence-electron chi connectivity index (χ1n) is 8.70. The molecule has 1 atom stereocenters. The maximum Gasteiger partial charge on any atom is 0.257 e. The van der Waals surface area contributed by atoms with Crippen LogP contribution in [0.15, 0.2) is 77.7 Å². The van der Waals surface area contributed by atoms with E-state index in [4.69, 9.17) is 11.6 Å². The number of rotatable bonds is 6. The van der Waals surface area contributed by atoms with E-state index in [9.17, 15) is 17.6 Å². The molecule has 8 heteroatoms. The summed E-state index contributed by atoms with van der Waals surface area (Å²) < 4.78 is 42.2. The van der Waals surface area contributed by atoms with Crippen LogP contribution in [0.3, 0.4) is 0 Å². The fourth-order valence-corrected chi connectivity index (χ4v) is 4.17. The largest absolute Gasteiger partial charge is 0.319 e. The highest BCUT2D eigenvalue weighted by Crippen LogP contribution is 2.23. The molecule has 0 bridgehead atoms. The first kappa shape index (κ1) is 21.0. The minimum Gasteiger partial charge on any atom is -0.319 e. The molecule has 5 nitrogen and oxygen atoms in total. The summed E-state index contributed by atoms with van der Waals surface area (Å²) in [4.78, 5) is 12.0. The SMILES string of the molecule is C[C@@H](NS(=O)(=O)c1ccc(NC(=O)c2ccccc2Cl)c(F)c1)c1ccccc1. The number of benzene rings is 3. The van der Waals surface area contributed by atoms with Crippen LogP contribution in [0.1, 0.15) is 28.9 Å². The van der Waals surface area contributed by atoms with Crippen molar-refractivity contribution in [2.24, 2.45) is 0 Å². The molecule has 0 aromatic heterocycles. The van der Waals surface area contributed by atoms with Gasteiger partial charge in [0.15, 0.2) is 0 Å². The molecule has 2 N–H and O–H groups in total. The molecule has 0 unspecified atom stereocenters. The van der Waals surface area contributed by atoms with Crippen molar-refractivity contribution in [3.8, 4) is 0 Å². The summed E-state index contributed by atoms with van der Waals surface area (Å²) in [5, 5.41) is 2.62. The Morgan fingerprint density at radius 1 is 1.00 bits per heavy atom. The lowest BCUT2D eigenvalue weighted by atomic mass is 10.1. The Balaban J connectivity index is 1.78. The summed E-state index contributed by atoms with van der Waals surface area (Å²) in [5.74, 6) is -1.47. The van der Waals surface area contributed by atoms with Crippen LogP contribution in [-0.4, -0.2) is 14.3 Å². The van der Waals surface area contributed by atoms with E-state index < -0.39 is 27.8 Å². The third-order valence-electron chi connectivity index (χ3n) is 4.25. The van der Waals surface area contributed by atoms with Crippen LogP contribution in [0, 0.1) is 5.82 Å². The van der Waals surface area contributed by atoms with E-state index in [-0.39, 0.29) is 21.2 Å². The number of carbonyl (C=O) groups is 1. The molecule has 0 heterocycles. The highest BCUT2D eigenvalue weighted by Gasteiger charge is 2.20. The third-order valence-corrected chi connectivity index (χ3v) is 6.12. The fraction of sp³-hybridized carbons (Fsp3) is 0.0952. The number of amides is 1. The molecule has 0 aliphatic carbocycles. The van der Waals surface area contributed by atoms with Gasteiger partial charge < -0.3 is 5.32 Å². The number of anilines is 1. The smallest absolute Gasteiger partial charge is 0.257 e. The normalized spacial score (nSPS) is 12.4. The first-order chi connectivity index (χ1) is 13.8. The van der Waals surface area contributed by atoms with Crippen LogP contribution in [0.25, 0.3) is 0 Å². The van der Waals surface area contributed by atoms with E-state index in [1.165, 1.54) is 18.2 Å². The van der Waals surface area contributed by atoms with Crippen molar-refractivity contribution in [1.29, 1.82) is 0 Å². The Morgan fingerprint density at radius 2 is 1.66 bits per heavy atom. The van der Waals surface area contributed by atoms with Gasteiger partial charge in [-0.2, -0.15) is 0 Å². The summed E-state index contributed by atoms with van der Waals surface area (Å²) >= 11 is 5.97. The number of halogens is 2. The molecule has 0 aliphatic rings. The van der Waals surface area contributed by atoms with Gasteiger partial charge in [-0.25, -0.2) is 17.5 Å². The summed E-state index contributed by atoms with van der Waals surface area (Å²) in [5.41, 5.74) is 0.814. The molecule has 3 aromatic carbocycles. The molecule has 3 aromatic rings. The lowest BCUT2D eigenvalue weighted by molar-refractivity contribution is 0.102. The molecule has 0 saturated carbocycles. The van der Waals surface area contributed by atoms with Crippen molar-refractivity contribution in [3.63, 3.8) is 0 Å². The van der Waals surface area contributed by atoms with Crippen LogP contribution >= 0.6 is 11.6 Å². The predicted molar refractivity (Wildman–Crippen MR) is 111 cm³/mol. The van der Waals surface area contributed by atoms with Gasteiger partial charge in [-0.15, -0.1) is 0 Å². The van der Waals surface area contributed by atoms with E-state index in [2.05, 4.69) is 10.0 Å². The molecule has 0 radical (unpaired) electrons. The van der Waals surface area contributed by atoms with Gasteiger partial charge in [-0.05, 0) is 42.8 Å². The van der Waals surface area contributed by atoms with Crippen LogP contribution < -0.4 is 10.0 Å². The molecule has 0 spiro atoms. The Kier molecular flexibility index (Phi) is 6.32. The van der Waals surface area contributed by atoms with Gasteiger partial charge in [0.05, 0.1) is 21.2 Å². The molecule has 3 rings (SSSR count). The molecule has 0 aliphatic heterocycles.